The normalized spacial score (nSPS) is 16.1. The van der Waals surface area contributed by atoms with E-state index < -0.39 is 15.9 Å². The number of hydrogen-bond donors (Lipinski definition) is 2. The quantitative estimate of drug-likeness (QED) is 0.808. The molecule has 0 unspecified atom stereocenters. The van der Waals surface area contributed by atoms with Crippen LogP contribution in [0.2, 0.25) is 0 Å². The van der Waals surface area contributed by atoms with E-state index in [4.69, 9.17) is 0 Å². The van der Waals surface area contributed by atoms with Crippen LogP contribution in [0.25, 0.3) is 0 Å². The average Bonchev–Trinajstić information content (AvgIpc) is 2.59. The molecule has 1 aliphatic rings. The van der Waals surface area contributed by atoms with Gasteiger partial charge < -0.3 is 10.6 Å². The maximum absolute atomic E-state index is 12.6. The van der Waals surface area contributed by atoms with Crippen LogP contribution < -0.4 is 10.6 Å². The van der Waals surface area contributed by atoms with Gasteiger partial charge in [0, 0.05) is 24.2 Å². The maximum atomic E-state index is 12.6. The lowest BCUT2D eigenvalue weighted by atomic mass is 10.1. The van der Waals surface area contributed by atoms with Crippen molar-refractivity contribution in [2.24, 2.45) is 0 Å². The van der Waals surface area contributed by atoms with Crippen molar-refractivity contribution in [1.82, 2.24) is 14.9 Å². The Bertz CT molecular complexity index is 746. The Morgan fingerprint density at radius 2 is 1.62 bits per heavy atom. The lowest BCUT2D eigenvalue weighted by Gasteiger charge is -2.25. The van der Waals surface area contributed by atoms with E-state index in [1.54, 1.807) is 0 Å². The van der Waals surface area contributed by atoms with Gasteiger partial charge in [-0.15, -0.1) is 0 Å². The lowest BCUT2D eigenvalue weighted by molar-refractivity contribution is -0.121. The minimum atomic E-state index is -3.51. The number of sulfonamides is 1. The topological polar surface area (TPSA) is 95.6 Å². The van der Waals surface area contributed by atoms with Gasteiger partial charge in [-0.2, -0.15) is 4.31 Å². The third-order valence-electron chi connectivity index (χ3n) is 3.99. The molecular weight excluding hydrogens is 354 g/mol. The third-order valence-corrected chi connectivity index (χ3v) is 5.91. The van der Waals surface area contributed by atoms with Crippen LogP contribution in [-0.4, -0.2) is 49.7 Å². The summed E-state index contributed by atoms with van der Waals surface area (Å²) in [5.74, 6) is -0.703. The van der Waals surface area contributed by atoms with Crippen molar-refractivity contribution in [3.05, 3.63) is 29.8 Å². The Hall–Kier alpha value is -1.93. The highest BCUT2D eigenvalue weighted by Crippen LogP contribution is 2.20. The van der Waals surface area contributed by atoms with Crippen LogP contribution in [0.3, 0.4) is 0 Å². The van der Waals surface area contributed by atoms with E-state index in [1.807, 2.05) is 20.8 Å². The van der Waals surface area contributed by atoms with Crippen molar-refractivity contribution >= 4 is 21.8 Å². The standard InChI is InChI=1S/C18H27N3O4S/c1-18(2,3)20-16(22)13-19-17(23)14-7-9-15(10-8-14)26(24,25)21-11-5-4-6-12-21/h7-10H,4-6,11-13H2,1-3H3,(H,19,23)(H,20,22). The first-order valence-corrected chi connectivity index (χ1v) is 10.2. The van der Waals surface area contributed by atoms with Gasteiger partial charge in [-0.1, -0.05) is 6.42 Å². The molecule has 2 rings (SSSR count). The zero-order valence-electron chi connectivity index (χ0n) is 15.5. The predicted octanol–water partition coefficient (Wildman–Crippen LogP) is 1.51. The zero-order chi connectivity index (χ0) is 19.4. The molecule has 7 nitrogen and oxygen atoms in total. The summed E-state index contributed by atoms with van der Waals surface area (Å²) in [5.41, 5.74) is -0.0575. The molecule has 2 N–H and O–H groups in total. The molecule has 0 spiro atoms. The smallest absolute Gasteiger partial charge is 0.251 e. The van der Waals surface area contributed by atoms with Gasteiger partial charge in [0.1, 0.15) is 0 Å². The number of amides is 2. The van der Waals surface area contributed by atoms with Crippen molar-refractivity contribution in [1.29, 1.82) is 0 Å². The molecule has 0 radical (unpaired) electrons. The molecule has 0 bridgehead atoms. The van der Waals surface area contributed by atoms with Crippen molar-refractivity contribution in [3.63, 3.8) is 0 Å². The molecule has 1 fully saturated rings. The highest BCUT2D eigenvalue weighted by molar-refractivity contribution is 7.89. The molecular formula is C18H27N3O4S. The van der Waals surface area contributed by atoms with Crippen LogP contribution in [0.15, 0.2) is 29.2 Å². The summed E-state index contributed by atoms with van der Waals surface area (Å²) in [6.45, 7) is 6.50. The van der Waals surface area contributed by atoms with E-state index >= 15 is 0 Å². The van der Waals surface area contributed by atoms with E-state index in [0.717, 1.165) is 19.3 Å². The van der Waals surface area contributed by atoms with Crippen molar-refractivity contribution < 1.29 is 18.0 Å². The molecule has 1 aromatic carbocycles. The molecule has 1 aliphatic heterocycles. The summed E-state index contributed by atoms with van der Waals surface area (Å²) in [6, 6.07) is 5.81. The molecule has 1 saturated heterocycles. The average molecular weight is 381 g/mol. The first kappa shape index (κ1) is 20.4. The van der Waals surface area contributed by atoms with Gasteiger partial charge in [0.05, 0.1) is 11.4 Å². The SMILES string of the molecule is CC(C)(C)NC(=O)CNC(=O)c1ccc(S(=O)(=O)N2CCCCC2)cc1. The van der Waals surface area contributed by atoms with E-state index in [-0.39, 0.29) is 22.9 Å². The molecule has 0 aliphatic carbocycles. The van der Waals surface area contributed by atoms with Crippen LogP contribution in [0, 0.1) is 0 Å². The van der Waals surface area contributed by atoms with Crippen LogP contribution in [-0.2, 0) is 14.8 Å². The maximum Gasteiger partial charge on any atom is 0.251 e. The fraction of sp³-hybridized carbons (Fsp3) is 0.556. The molecule has 0 aromatic heterocycles. The van der Waals surface area contributed by atoms with Gasteiger partial charge in [-0.3, -0.25) is 9.59 Å². The van der Waals surface area contributed by atoms with Gasteiger partial charge in [-0.25, -0.2) is 8.42 Å². The number of nitrogens with zero attached hydrogens (tertiary/aromatic N) is 1. The number of piperidine rings is 1. The first-order chi connectivity index (χ1) is 12.1. The first-order valence-electron chi connectivity index (χ1n) is 8.79. The highest BCUT2D eigenvalue weighted by Gasteiger charge is 2.26. The van der Waals surface area contributed by atoms with E-state index in [0.29, 0.717) is 18.7 Å². The molecule has 0 saturated carbocycles. The van der Waals surface area contributed by atoms with Crippen LogP contribution in [0.1, 0.15) is 50.4 Å². The summed E-state index contributed by atoms with van der Waals surface area (Å²) in [5, 5.41) is 5.28. The summed E-state index contributed by atoms with van der Waals surface area (Å²) >= 11 is 0. The van der Waals surface area contributed by atoms with Gasteiger partial charge in [0.15, 0.2) is 0 Å². The van der Waals surface area contributed by atoms with Gasteiger partial charge in [0.25, 0.3) is 5.91 Å². The Labute approximate surface area is 155 Å². The molecule has 2 amide bonds. The number of nitrogens with one attached hydrogen (secondary N) is 2. The molecule has 26 heavy (non-hydrogen) atoms. The van der Waals surface area contributed by atoms with E-state index in [9.17, 15) is 18.0 Å². The van der Waals surface area contributed by atoms with Gasteiger partial charge >= 0.3 is 0 Å². The Balaban J connectivity index is 1.98. The van der Waals surface area contributed by atoms with Gasteiger partial charge in [-0.05, 0) is 57.9 Å². The molecule has 1 aromatic rings. The molecule has 8 heteroatoms. The number of benzene rings is 1. The fourth-order valence-corrected chi connectivity index (χ4v) is 4.27. The lowest BCUT2D eigenvalue weighted by Crippen LogP contribution is -2.45. The molecule has 144 valence electrons. The zero-order valence-corrected chi connectivity index (χ0v) is 16.4. The van der Waals surface area contributed by atoms with Crippen LogP contribution in [0.4, 0.5) is 0 Å². The number of carbonyl (C=O) groups is 2. The van der Waals surface area contributed by atoms with E-state index in [1.165, 1.54) is 28.6 Å². The number of rotatable bonds is 5. The Kier molecular flexibility index (Phi) is 6.41. The molecule has 0 atom stereocenters. The minimum Gasteiger partial charge on any atom is -0.350 e. The monoisotopic (exact) mass is 381 g/mol. The van der Waals surface area contributed by atoms with Crippen LogP contribution in [0.5, 0.6) is 0 Å². The number of hydrogen-bond acceptors (Lipinski definition) is 4. The minimum absolute atomic E-state index is 0.135. The molecule has 1 heterocycles. The summed E-state index contributed by atoms with van der Waals surface area (Å²) in [4.78, 5) is 24.1. The second-order valence-electron chi connectivity index (χ2n) is 7.47. The van der Waals surface area contributed by atoms with Crippen LogP contribution >= 0.6 is 0 Å². The Morgan fingerprint density at radius 1 is 1.04 bits per heavy atom. The van der Waals surface area contributed by atoms with E-state index in [2.05, 4.69) is 10.6 Å². The second-order valence-corrected chi connectivity index (χ2v) is 9.41. The highest BCUT2D eigenvalue weighted by atomic mass is 32.2. The van der Waals surface area contributed by atoms with Crippen molar-refractivity contribution in [2.45, 2.75) is 50.5 Å². The largest absolute Gasteiger partial charge is 0.350 e. The number of carbonyl (C=O) groups excluding carboxylic acids is 2. The van der Waals surface area contributed by atoms with Crippen molar-refractivity contribution in [3.8, 4) is 0 Å². The predicted molar refractivity (Wildman–Crippen MR) is 99.3 cm³/mol. The fourth-order valence-electron chi connectivity index (χ4n) is 2.76. The van der Waals surface area contributed by atoms with Crippen molar-refractivity contribution in [2.75, 3.05) is 19.6 Å². The summed E-state index contributed by atoms with van der Waals surface area (Å²) in [7, 11) is -3.51. The van der Waals surface area contributed by atoms with Gasteiger partial charge in [0.2, 0.25) is 15.9 Å². The summed E-state index contributed by atoms with van der Waals surface area (Å²) < 4.78 is 26.7. The second kappa shape index (κ2) is 8.18. The summed E-state index contributed by atoms with van der Waals surface area (Å²) in [6.07, 6.45) is 2.79. The Morgan fingerprint density at radius 3 is 2.15 bits per heavy atom. The third kappa shape index (κ3) is 5.54.